The molecule has 24 heavy (non-hydrogen) atoms. The Morgan fingerprint density at radius 3 is 2.67 bits per heavy atom. The molecular weight excluding hydrogens is 310 g/mol. The molecule has 0 atom stereocenters. The minimum Gasteiger partial charge on any atom is -0.497 e. The number of hydrogen-bond donors (Lipinski definition) is 2. The fourth-order valence-corrected chi connectivity index (χ4v) is 2.23. The molecule has 0 aromatic heterocycles. The van der Waals surface area contributed by atoms with Crippen LogP contribution < -0.4 is 15.4 Å². The number of amides is 1. The maximum atomic E-state index is 12.0. The van der Waals surface area contributed by atoms with Gasteiger partial charge in [-0.25, -0.2) is 0 Å². The highest BCUT2D eigenvalue weighted by Gasteiger charge is 2.13. The molecule has 1 amide bonds. The van der Waals surface area contributed by atoms with E-state index in [-0.39, 0.29) is 18.1 Å². The molecule has 0 saturated carbocycles. The first kappa shape index (κ1) is 17.3. The Labute approximate surface area is 139 Å². The minimum atomic E-state index is -0.416. The predicted molar refractivity (Wildman–Crippen MR) is 92.6 cm³/mol. The summed E-state index contributed by atoms with van der Waals surface area (Å²) in [5, 5.41) is 16.7. The van der Waals surface area contributed by atoms with E-state index in [4.69, 9.17) is 4.74 Å². The molecule has 0 heterocycles. The molecular formula is C17H19N3O4. The Hall–Kier alpha value is -3.09. The second kappa shape index (κ2) is 7.96. The molecule has 126 valence electrons. The molecule has 0 fully saturated rings. The lowest BCUT2D eigenvalue weighted by molar-refractivity contribution is -0.385. The standard InChI is InChI=1S/C17H19N3O4/c1-3-12-7-8-13(10-16(12)20(22)23)18-11-17(21)19-14-5-4-6-15(9-14)24-2/h4-10,18H,3,11H2,1-2H3,(H,19,21). The molecule has 0 bridgehead atoms. The maximum absolute atomic E-state index is 12.0. The van der Waals surface area contributed by atoms with E-state index in [1.807, 2.05) is 6.92 Å². The van der Waals surface area contributed by atoms with Gasteiger partial charge >= 0.3 is 0 Å². The summed E-state index contributed by atoms with van der Waals surface area (Å²) in [4.78, 5) is 22.6. The average Bonchev–Trinajstić information content (AvgIpc) is 2.59. The van der Waals surface area contributed by atoms with Crippen molar-refractivity contribution in [3.05, 3.63) is 58.1 Å². The van der Waals surface area contributed by atoms with Gasteiger partial charge < -0.3 is 15.4 Å². The number of anilines is 2. The van der Waals surface area contributed by atoms with Gasteiger partial charge in [0.25, 0.3) is 5.69 Å². The van der Waals surface area contributed by atoms with E-state index in [0.717, 1.165) is 0 Å². The number of aryl methyl sites for hydroxylation is 1. The van der Waals surface area contributed by atoms with E-state index in [1.165, 1.54) is 6.07 Å². The van der Waals surface area contributed by atoms with Crippen LogP contribution in [-0.2, 0) is 11.2 Å². The molecule has 0 aliphatic rings. The summed E-state index contributed by atoms with van der Waals surface area (Å²) in [7, 11) is 1.55. The molecule has 0 unspecified atom stereocenters. The Bertz CT molecular complexity index is 746. The van der Waals surface area contributed by atoms with Crippen molar-refractivity contribution in [3.8, 4) is 5.75 Å². The van der Waals surface area contributed by atoms with Gasteiger partial charge in [-0.3, -0.25) is 14.9 Å². The zero-order valence-corrected chi connectivity index (χ0v) is 13.5. The lowest BCUT2D eigenvalue weighted by Gasteiger charge is -2.09. The van der Waals surface area contributed by atoms with E-state index in [1.54, 1.807) is 43.5 Å². The van der Waals surface area contributed by atoms with Gasteiger partial charge in [-0.05, 0) is 24.6 Å². The summed E-state index contributed by atoms with van der Waals surface area (Å²) in [6, 6.07) is 11.9. The van der Waals surface area contributed by atoms with Crippen LogP contribution in [0.2, 0.25) is 0 Å². The smallest absolute Gasteiger partial charge is 0.274 e. The van der Waals surface area contributed by atoms with Crippen molar-refractivity contribution in [3.63, 3.8) is 0 Å². The number of carbonyl (C=O) groups is 1. The Kier molecular flexibility index (Phi) is 5.73. The molecule has 0 aliphatic carbocycles. The molecule has 0 saturated heterocycles. The van der Waals surface area contributed by atoms with Crippen LogP contribution in [0.3, 0.4) is 0 Å². The highest BCUT2D eigenvalue weighted by molar-refractivity contribution is 5.93. The van der Waals surface area contributed by atoms with Gasteiger partial charge in [0, 0.05) is 29.1 Å². The van der Waals surface area contributed by atoms with E-state index in [0.29, 0.717) is 29.1 Å². The van der Waals surface area contributed by atoms with Gasteiger partial charge in [-0.1, -0.05) is 19.1 Å². The second-order valence-electron chi connectivity index (χ2n) is 5.09. The van der Waals surface area contributed by atoms with Gasteiger partial charge in [0.15, 0.2) is 0 Å². The quantitative estimate of drug-likeness (QED) is 0.601. The fourth-order valence-electron chi connectivity index (χ4n) is 2.23. The number of ether oxygens (including phenoxy) is 1. The van der Waals surface area contributed by atoms with Crippen molar-refractivity contribution < 1.29 is 14.5 Å². The van der Waals surface area contributed by atoms with Crippen molar-refractivity contribution in [2.24, 2.45) is 0 Å². The fraction of sp³-hybridized carbons (Fsp3) is 0.235. The van der Waals surface area contributed by atoms with E-state index >= 15 is 0 Å². The van der Waals surface area contributed by atoms with Gasteiger partial charge in [0.2, 0.25) is 5.91 Å². The van der Waals surface area contributed by atoms with Crippen LogP contribution in [0, 0.1) is 10.1 Å². The largest absolute Gasteiger partial charge is 0.497 e. The minimum absolute atomic E-state index is 0.000163. The molecule has 0 spiro atoms. The number of nitrogens with one attached hydrogen (secondary N) is 2. The molecule has 2 aromatic carbocycles. The van der Waals surface area contributed by atoms with E-state index in [2.05, 4.69) is 10.6 Å². The number of rotatable bonds is 7. The number of carbonyl (C=O) groups excluding carboxylic acids is 1. The molecule has 7 nitrogen and oxygen atoms in total. The SMILES string of the molecule is CCc1ccc(NCC(=O)Nc2cccc(OC)c2)cc1[N+](=O)[O-]. The van der Waals surface area contributed by atoms with Gasteiger partial charge in [-0.2, -0.15) is 0 Å². The summed E-state index contributed by atoms with van der Waals surface area (Å²) in [6.45, 7) is 1.86. The van der Waals surface area contributed by atoms with E-state index in [9.17, 15) is 14.9 Å². The number of benzene rings is 2. The molecule has 2 N–H and O–H groups in total. The van der Waals surface area contributed by atoms with Crippen molar-refractivity contribution in [2.75, 3.05) is 24.3 Å². The van der Waals surface area contributed by atoms with Crippen LogP contribution >= 0.6 is 0 Å². The Balaban J connectivity index is 1.98. The third kappa shape index (κ3) is 4.45. The van der Waals surface area contributed by atoms with Crippen LogP contribution in [0.15, 0.2) is 42.5 Å². The number of methoxy groups -OCH3 is 1. The van der Waals surface area contributed by atoms with Gasteiger partial charge in [0.1, 0.15) is 5.75 Å². The number of hydrogen-bond acceptors (Lipinski definition) is 5. The van der Waals surface area contributed by atoms with E-state index < -0.39 is 4.92 Å². The highest BCUT2D eigenvalue weighted by atomic mass is 16.6. The third-order valence-electron chi connectivity index (χ3n) is 3.47. The van der Waals surface area contributed by atoms with Crippen molar-refractivity contribution in [1.82, 2.24) is 0 Å². The first-order chi connectivity index (χ1) is 11.5. The van der Waals surface area contributed by atoms with Crippen LogP contribution in [0.5, 0.6) is 5.75 Å². The summed E-state index contributed by atoms with van der Waals surface area (Å²) < 4.78 is 5.09. The highest BCUT2D eigenvalue weighted by Crippen LogP contribution is 2.23. The molecule has 7 heteroatoms. The molecule has 0 radical (unpaired) electrons. The molecule has 2 rings (SSSR count). The zero-order valence-electron chi connectivity index (χ0n) is 13.5. The van der Waals surface area contributed by atoms with Crippen molar-refractivity contribution in [2.45, 2.75) is 13.3 Å². The topological polar surface area (TPSA) is 93.5 Å². The normalized spacial score (nSPS) is 10.1. The summed E-state index contributed by atoms with van der Waals surface area (Å²) >= 11 is 0. The molecule has 2 aromatic rings. The predicted octanol–water partition coefficient (Wildman–Crippen LogP) is 3.22. The monoisotopic (exact) mass is 329 g/mol. The first-order valence-electron chi connectivity index (χ1n) is 7.48. The summed E-state index contributed by atoms with van der Waals surface area (Å²) in [6.07, 6.45) is 0.576. The Morgan fingerprint density at radius 1 is 1.21 bits per heavy atom. The first-order valence-corrected chi connectivity index (χ1v) is 7.48. The van der Waals surface area contributed by atoms with Crippen LogP contribution in [0.4, 0.5) is 17.1 Å². The number of nitro benzene ring substituents is 1. The van der Waals surface area contributed by atoms with Gasteiger partial charge in [-0.15, -0.1) is 0 Å². The maximum Gasteiger partial charge on any atom is 0.274 e. The summed E-state index contributed by atoms with van der Waals surface area (Å²) in [5.74, 6) is 0.386. The average molecular weight is 329 g/mol. The third-order valence-corrected chi connectivity index (χ3v) is 3.47. The van der Waals surface area contributed by atoms with Crippen LogP contribution in [0.1, 0.15) is 12.5 Å². The second-order valence-corrected chi connectivity index (χ2v) is 5.09. The lowest BCUT2D eigenvalue weighted by atomic mass is 10.1. The lowest BCUT2D eigenvalue weighted by Crippen LogP contribution is -2.21. The van der Waals surface area contributed by atoms with Crippen LogP contribution in [0.25, 0.3) is 0 Å². The van der Waals surface area contributed by atoms with Crippen LogP contribution in [-0.4, -0.2) is 24.5 Å². The number of nitro groups is 1. The molecule has 0 aliphatic heterocycles. The van der Waals surface area contributed by atoms with Crippen molar-refractivity contribution in [1.29, 1.82) is 0 Å². The zero-order chi connectivity index (χ0) is 17.5. The van der Waals surface area contributed by atoms with Crippen molar-refractivity contribution >= 4 is 23.0 Å². The van der Waals surface area contributed by atoms with Gasteiger partial charge in [0.05, 0.1) is 18.6 Å². The number of nitrogens with zero attached hydrogens (tertiary/aromatic N) is 1. The Morgan fingerprint density at radius 2 is 2.00 bits per heavy atom. The summed E-state index contributed by atoms with van der Waals surface area (Å²) in [5.41, 5.74) is 1.86.